The van der Waals surface area contributed by atoms with E-state index in [1.54, 1.807) is 67.8 Å². The number of fused-ring (bicyclic) bond motifs is 1. The maximum absolute atomic E-state index is 12.8. The fourth-order valence-corrected chi connectivity index (χ4v) is 2.94. The Bertz CT molecular complexity index is 1100. The predicted octanol–water partition coefficient (Wildman–Crippen LogP) is 3.10. The number of hydrogen-bond donors (Lipinski definition) is 2. The second-order valence-electron chi connectivity index (χ2n) is 6.62. The number of methoxy groups -OCH3 is 1. The molecule has 1 aliphatic heterocycles. The van der Waals surface area contributed by atoms with Crippen LogP contribution in [-0.4, -0.2) is 25.7 Å². The van der Waals surface area contributed by atoms with Gasteiger partial charge in [-0.2, -0.15) is 0 Å². The van der Waals surface area contributed by atoms with Crippen molar-refractivity contribution < 1.29 is 28.2 Å². The Balaban J connectivity index is 1.56. The van der Waals surface area contributed by atoms with Crippen LogP contribution in [0.2, 0.25) is 0 Å². The Morgan fingerprint density at radius 1 is 1.06 bits per heavy atom. The second-order valence-corrected chi connectivity index (χ2v) is 6.62. The van der Waals surface area contributed by atoms with Gasteiger partial charge >= 0.3 is 0 Å². The molecule has 31 heavy (non-hydrogen) atoms. The smallest absolute Gasteiger partial charge is 0.268 e. The third kappa shape index (κ3) is 4.87. The van der Waals surface area contributed by atoms with Crippen LogP contribution in [0.1, 0.15) is 21.7 Å². The summed E-state index contributed by atoms with van der Waals surface area (Å²) in [6.45, 7) is 0.329. The van der Waals surface area contributed by atoms with E-state index in [4.69, 9.17) is 18.6 Å². The number of amides is 2. The van der Waals surface area contributed by atoms with Gasteiger partial charge in [0.15, 0.2) is 11.5 Å². The lowest BCUT2D eigenvalue weighted by molar-refractivity contribution is -0.118. The number of nitrogens with one attached hydrogen (secondary N) is 2. The number of hydrogen-bond acceptors (Lipinski definition) is 6. The lowest BCUT2D eigenvalue weighted by atomic mass is 10.1. The van der Waals surface area contributed by atoms with Crippen LogP contribution in [0, 0.1) is 0 Å². The number of carbonyl (C=O) groups is 2. The monoisotopic (exact) mass is 420 g/mol. The van der Waals surface area contributed by atoms with Crippen LogP contribution in [0.5, 0.6) is 17.2 Å². The summed E-state index contributed by atoms with van der Waals surface area (Å²) < 4.78 is 21.1. The predicted molar refractivity (Wildman–Crippen MR) is 112 cm³/mol. The first-order valence-electron chi connectivity index (χ1n) is 9.50. The standard InChI is InChI=1S/C23H20N2O6/c1-28-17-7-5-16(6-8-17)22(26)25-19(23(27)24-13-18-3-2-10-29-18)11-15-4-9-20-21(12-15)31-14-30-20/h2-12H,13-14H2,1H3,(H,24,27)(H,25,26). The van der Waals surface area contributed by atoms with Crippen LogP contribution in [-0.2, 0) is 11.3 Å². The summed E-state index contributed by atoms with van der Waals surface area (Å²) in [4.78, 5) is 25.6. The van der Waals surface area contributed by atoms with E-state index >= 15 is 0 Å². The molecule has 2 amide bonds. The molecule has 0 fully saturated rings. The molecule has 2 heterocycles. The fraction of sp³-hybridized carbons (Fsp3) is 0.130. The average Bonchev–Trinajstić information content (AvgIpc) is 3.48. The van der Waals surface area contributed by atoms with Crippen LogP contribution in [0.3, 0.4) is 0 Å². The molecule has 2 aromatic carbocycles. The third-order valence-corrected chi connectivity index (χ3v) is 4.56. The quantitative estimate of drug-likeness (QED) is 0.570. The van der Waals surface area contributed by atoms with Gasteiger partial charge < -0.3 is 29.3 Å². The molecule has 1 aliphatic rings. The molecule has 4 rings (SSSR count). The van der Waals surface area contributed by atoms with Crippen LogP contribution in [0.25, 0.3) is 6.08 Å². The molecule has 3 aromatic rings. The highest BCUT2D eigenvalue weighted by atomic mass is 16.7. The normalized spacial score (nSPS) is 12.4. The Labute approximate surface area is 178 Å². The van der Waals surface area contributed by atoms with Gasteiger partial charge in [-0.25, -0.2) is 0 Å². The highest BCUT2D eigenvalue weighted by molar-refractivity contribution is 6.05. The number of furan rings is 1. The Morgan fingerprint density at radius 2 is 1.87 bits per heavy atom. The van der Waals surface area contributed by atoms with Crippen LogP contribution in [0.15, 0.2) is 71.0 Å². The van der Waals surface area contributed by atoms with E-state index in [2.05, 4.69) is 10.6 Å². The van der Waals surface area contributed by atoms with Crippen molar-refractivity contribution >= 4 is 17.9 Å². The molecule has 8 nitrogen and oxygen atoms in total. The minimum absolute atomic E-state index is 0.0752. The molecule has 158 valence electrons. The van der Waals surface area contributed by atoms with E-state index in [-0.39, 0.29) is 19.0 Å². The average molecular weight is 420 g/mol. The zero-order chi connectivity index (χ0) is 21.6. The summed E-state index contributed by atoms with van der Waals surface area (Å²) in [6, 6.07) is 15.3. The van der Waals surface area contributed by atoms with Gasteiger partial charge in [0.25, 0.3) is 11.8 Å². The topological polar surface area (TPSA) is 99.0 Å². The molecular weight excluding hydrogens is 400 g/mol. The van der Waals surface area contributed by atoms with Crippen LogP contribution < -0.4 is 24.8 Å². The number of carbonyl (C=O) groups excluding carboxylic acids is 2. The SMILES string of the molecule is COc1ccc(C(=O)NC(=Cc2ccc3c(c2)OCO3)C(=O)NCc2ccco2)cc1. The van der Waals surface area contributed by atoms with Gasteiger partial charge in [-0.1, -0.05) is 6.07 Å². The van der Waals surface area contributed by atoms with E-state index < -0.39 is 11.8 Å². The molecule has 0 unspecified atom stereocenters. The lowest BCUT2D eigenvalue weighted by Crippen LogP contribution is -2.34. The van der Waals surface area contributed by atoms with E-state index in [1.807, 2.05) is 0 Å². The van der Waals surface area contributed by atoms with Crippen molar-refractivity contribution in [3.05, 3.63) is 83.4 Å². The van der Waals surface area contributed by atoms with Crippen LogP contribution in [0.4, 0.5) is 0 Å². The first kappa shape index (κ1) is 20.1. The van der Waals surface area contributed by atoms with Gasteiger partial charge in [0.1, 0.15) is 17.2 Å². The van der Waals surface area contributed by atoms with E-state index in [9.17, 15) is 9.59 Å². The van der Waals surface area contributed by atoms with Crippen LogP contribution >= 0.6 is 0 Å². The molecular formula is C23H20N2O6. The second kappa shape index (κ2) is 9.08. The highest BCUT2D eigenvalue weighted by Crippen LogP contribution is 2.33. The largest absolute Gasteiger partial charge is 0.497 e. The molecule has 0 saturated carbocycles. The van der Waals surface area contributed by atoms with E-state index in [1.165, 1.54) is 6.26 Å². The molecule has 0 atom stereocenters. The maximum Gasteiger partial charge on any atom is 0.268 e. The number of ether oxygens (including phenoxy) is 3. The zero-order valence-electron chi connectivity index (χ0n) is 16.7. The van der Waals surface area contributed by atoms with E-state index in [0.717, 1.165) is 0 Å². The van der Waals surface area contributed by atoms with Crippen molar-refractivity contribution in [3.8, 4) is 17.2 Å². The van der Waals surface area contributed by atoms with Crippen molar-refractivity contribution in [1.29, 1.82) is 0 Å². The molecule has 0 radical (unpaired) electrons. The molecule has 2 N–H and O–H groups in total. The van der Waals surface area contributed by atoms with E-state index in [0.29, 0.717) is 34.1 Å². The van der Waals surface area contributed by atoms with Gasteiger partial charge in [-0.3, -0.25) is 9.59 Å². The van der Waals surface area contributed by atoms with Crippen molar-refractivity contribution in [3.63, 3.8) is 0 Å². The Hall–Kier alpha value is -4.20. The van der Waals surface area contributed by atoms with Crippen molar-refractivity contribution in [2.75, 3.05) is 13.9 Å². The van der Waals surface area contributed by atoms with Crippen molar-refractivity contribution in [2.24, 2.45) is 0 Å². The molecule has 8 heteroatoms. The zero-order valence-corrected chi connectivity index (χ0v) is 16.7. The summed E-state index contributed by atoms with van der Waals surface area (Å²) in [7, 11) is 1.55. The number of rotatable bonds is 7. The fourth-order valence-electron chi connectivity index (χ4n) is 2.94. The molecule has 0 bridgehead atoms. The summed E-state index contributed by atoms with van der Waals surface area (Å²) in [5, 5.41) is 5.42. The molecule has 0 aliphatic carbocycles. The summed E-state index contributed by atoms with van der Waals surface area (Å²) in [5.41, 5.74) is 1.13. The van der Waals surface area contributed by atoms with Gasteiger partial charge in [0.05, 0.1) is 19.9 Å². The summed E-state index contributed by atoms with van der Waals surface area (Å²) in [6.07, 6.45) is 3.09. The Kier molecular flexibility index (Phi) is 5.89. The Morgan fingerprint density at radius 3 is 2.61 bits per heavy atom. The van der Waals surface area contributed by atoms with Gasteiger partial charge in [-0.15, -0.1) is 0 Å². The number of benzene rings is 2. The minimum atomic E-state index is -0.462. The highest BCUT2D eigenvalue weighted by Gasteiger charge is 2.17. The molecule has 0 saturated heterocycles. The minimum Gasteiger partial charge on any atom is -0.497 e. The van der Waals surface area contributed by atoms with Gasteiger partial charge in [0, 0.05) is 5.56 Å². The maximum atomic E-state index is 12.8. The lowest BCUT2D eigenvalue weighted by Gasteiger charge is -2.11. The summed E-state index contributed by atoms with van der Waals surface area (Å²) >= 11 is 0. The summed E-state index contributed by atoms with van der Waals surface area (Å²) in [5.74, 6) is 1.54. The van der Waals surface area contributed by atoms with Gasteiger partial charge in [-0.05, 0) is 60.2 Å². The van der Waals surface area contributed by atoms with Crippen molar-refractivity contribution in [2.45, 2.75) is 6.54 Å². The first-order valence-corrected chi connectivity index (χ1v) is 9.50. The first-order chi connectivity index (χ1) is 15.1. The molecule has 1 aromatic heterocycles. The van der Waals surface area contributed by atoms with Crippen molar-refractivity contribution in [1.82, 2.24) is 10.6 Å². The third-order valence-electron chi connectivity index (χ3n) is 4.56. The molecule has 0 spiro atoms. The van der Waals surface area contributed by atoms with Gasteiger partial charge in [0.2, 0.25) is 6.79 Å².